The Balaban J connectivity index is 1.44. The van der Waals surface area contributed by atoms with E-state index < -0.39 is 0 Å². The summed E-state index contributed by atoms with van der Waals surface area (Å²) in [7, 11) is 0. The first-order valence-electron chi connectivity index (χ1n) is 9.78. The molecule has 0 atom stereocenters. The Morgan fingerprint density at radius 2 is 2.00 bits per heavy atom. The summed E-state index contributed by atoms with van der Waals surface area (Å²) < 4.78 is 4.25. The quantitative estimate of drug-likeness (QED) is 0.632. The Morgan fingerprint density at radius 3 is 2.74 bits per heavy atom. The molecule has 0 radical (unpaired) electrons. The van der Waals surface area contributed by atoms with Crippen molar-refractivity contribution in [3.63, 3.8) is 0 Å². The van der Waals surface area contributed by atoms with Crippen LogP contribution in [0.4, 0.5) is 5.69 Å². The molecule has 1 fully saturated rings. The minimum atomic E-state index is 0.492. The van der Waals surface area contributed by atoms with Crippen LogP contribution in [0.3, 0.4) is 0 Å². The number of aromatic nitrogens is 5. The summed E-state index contributed by atoms with van der Waals surface area (Å²) in [4.78, 5) is 11.4. The van der Waals surface area contributed by atoms with Crippen LogP contribution in [0, 0.1) is 0 Å². The standard InChI is InChI=1S/C21H24N6/c1-2-12-26(11-1)19-8-3-5-17(15-19)21-23-20(9-13-25-14-10-22-16-25)24-27(21)18-6-4-7-18/h1-3,5,8,10,14-16,18H,4,6-7,9,11-13H2. The third-order valence-electron chi connectivity index (χ3n) is 5.54. The highest BCUT2D eigenvalue weighted by molar-refractivity contribution is 5.64. The Morgan fingerprint density at radius 1 is 1.11 bits per heavy atom. The van der Waals surface area contributed by atoms with E-state index >= 15 is 0 Å². The Kier molecular flexibility index (Phi) is 4.24. The molecule has 0 N–H and O–H groups in total. The molecule has 0 bridgehead atoms. The van der Waals surface area contributed by atoms with Gasteiger partial charge in [-0.2, -0.15) is 5.10 Å². The smallest absolute Gasteiger partial charge is 0.158 e. The molecule has 1 saturated carbocycles. The molecule has 27 heavy (non-hydrogen) atoms. The first-order chi connectivity index (χ1) is 13.4. The third kappa shape index (κ3) is 3.27. The van der Waals surface area contributed by atoms with Gasteiger partial charge in [-0.3, -0.25) is 0 Å². The summed E-state index contributed by atoms with van der Waals surface area (Å²) in [5.41, 5.74) is 2.41. The molecule has 2 aliphatic rings. The number of rotatable bonds is 6. The number of anilines is 1. The second-order valence-corrected chi connectivity index (χ2v) is 7.36. The molecule has 6 nitrogen and oxygen atoms in total. The lowest BCUT2D eigenvalue weighted by atomic mass is 9.93. The number of aryl methyl sites for hydroxylation is 2. The largest absolute Gasteiger partial charge is 0.364 e. The van der Waals surface area contributed by atoms with E-state index in [1.54, 1.807) is 0 Å². The van der Waals surface area contributed by atoms with E-state index in [1.807, 2.05) is 18.7 Å². The van der Waals surface area contributed by atoms with Crippen molar-refractivity contribution >= 4 is 5.69 Å². The molecule has 0 amide bonds. The molecule has 0 saturated heterocycles. The van der Waals surface area contributed by atoms with E-state index in [9.17, 15) is 0 Å². The lowest BCUT2D eigenvalue weighted by Crippen LogP contribution is -2.20. The van der Waals surface area contributed by atoms with Crippen molar-refractivity contribution in [1.82, 2.24) is 24.3 Å². The van der Waals surface area contributed by atoms with Crippen molar-refractivity contribution < 1.29 is 0 Å². The minimum Gasteiger partial charge on any atom is -0.364 e. The highest BCUT2D eigenvalue weighted by atomic mass is 15.4. The van der Waals surface area contributed by atoms with Gasteiger partial charge in [0.15, 0.2) is 11.6 Å². The fourth-order valence-electron chi connectivity index (χ4n) is 3.73. The number of hydrogen-bond donors (Lipinski definition) is 0. The molecular formula is C21H24N6. The van der Waals surface area contributed by atoms with Gasteiger partial charge < -0.3 is 9.47 Å². The van der Waals surface area contributed by atoms with Gasteiger partial charge >= 0.3 is 0 Å². The van der Waals surface area contributed by atoms with Crippen LogP contribution in [0.2, 0.25) is 0 Å². The van der Waals surface area contributed by atoms with Gasteiger partial charge in [0.25, 0.3) is 0 Å². The van der Waals surface area contributed by atoms with Crippen molar-refractivity contribution in [2.24, 2.45) is 0 Å². The van der Waals surface area contributed by atoms with E-state index in [0.29, 0.717) is 6.04 Å². The molecule has 3 heterocycles. The number of hydrogen-bond acceptors (Lipinski definition) is 4. The van der Waals surface area contributed by atoms with E-state index in [1.165, 1.54) is 24.9 Å². The monoisotopic (exact) mass is 360 g/mol. The molecule has 3 aromatic rings. The summed E-state index contributed by atoms with van der Waals surface area (Å²) in [6.45, 7) is 2.82. The normalized spacial score (nSPS) is 16.8. The van der Waals surface area contributed by atoms with Crippen LogP contribution in [-0.2, 0) is 13.0 Å². The highest BCUT2D eigenvalue weighted by Gasteiger charge is 2.25. The van der Waals surface area contributed by atoms with Crippen molar-refractivity contribution in [2.45, 2.75) is 38.3 Å². The molecule has 5 rings (SSSR count). The van der Waals surface area contributed by atoms with Crippen molar-refractivity contribution in [3.05, 3.63) is 61.0 Å². The number of benzene rings is 1. The maximum atomic E-state index is 4.93. The van der Waals surface area contributed by atoms with Crippen LogP contribution in [-0.4, -0.2) is 37.4 Å². The molecule has 0 spiro atoms. The van der Waals surface area contributed by atoms with Gasteiger partial charge in [0.1, 0.15) is 0 Å². The molecule has 1 aliphatic heterocycles. The van der Waals surface area contributed by atoms with E-state index in [2.05, 4.69) is 55.6 Å². The lowest BCUT2D eigenvalue weighted by molar-refractivity contribution is 0.290. The van der Waals surface area contributed by atoms with E-state index in [-0.39, 0.29) is 0 Å². The van der Waals surface area contributed by atoms with Gasteiger partial charge in [0, 0.05) is 49.7 Å². The van der Waals surface area contributed by atoms with Crippen LogP contribution in [0.15, 0.2) is 55.1 Å². The first-order valence-corrected chi connectivity index (χ1v) is 9.78. The maximum absolute atomic E-state index is 4.93. The average molecular weight is 360 g/mol. The van der Waals surface area contributed by atoms with Gasteiger partial charge in [0.05, 0.1) is 12.4 Å². The summed E-state index contributed by atoms with van der Waals surface area (Å²) >= 11 is 0. The fraction of sp³-hybridized carbons (Fsp3) is 0.381. The van der Waals surface area contributed by atoms with Crippen molar-refractivity contribution in [3.8, 4) is 11.4 Å². The van der Waals surface area contributed by atoms with Crippen LogP contribution in [0.5, 0.6) is 0 Å². The molecule has 2 aromatic heterocycles. The Hall–Kier alpha value is -2.89. The van der Waals surface area contributed by atoms with Crippen molar-refractivity contribution in [1.29, 1.82) is 0 Å². The topological polar surface area (TPSA) is 51.8 Å². The van der Waals surface area contributed by atoms with E-state index in [0.717, 1.165) is 43.3 Å². The Bertz CT molecular complexity index is 927. The second kappa shape index (κ2) is 7.02. The predicted octanol–water partition coefficient (Wildman–Crippen LogP) is 3.49. The van der Waals surface area contributed by atoms with Gasteiger partial charge in [-0.1, -0.05) is 24.3 Å². The molecule has 6 heteroatoms. The van der Waals surface area contributed by atoms with Crippen LogP contribution in [0.1, 0.15) is 31.1 Å². The Labute approximate surface area is 159 Å². The minimum absolute atomic E-state index is 0.492. The van der Waals surface area contributed by atoms with Crippen LogP contribution >= 0.6 is 0 Å². The van der Waals surface area contributed by atoms with Crippen LogP contribution < -0.4 is 4.90 Å². The number of nitrogens with zero attached hydrogens (tertiary/aromatic N) is 6. The zero-order valence-electron chi connectivity index (χ0n) is 15.4. The van der Waals surface area contributed by atoms with Gasteiger partial charge in [-0.05, 0) is 31.4 Å². The predicted molar refractivity (Wildman–Crippen MR) is 106 cm³/mol. The zero-order chi connectivity index (χ0) is 18.1. The molecular weight excluding hydrogens is 336 g/mol. The summed E-state index contributed by atoms with van der Waals surface area (Å²) in [5.74, 6) is 1.92. The first kappa shape index (κ1) is 16.3. The van der Waals surface area contributed by atoms with Crippen LogP contribution in [0.25, 0.3) is 11.4 Å². The maximum Gasteiger partial charge on any atom is 0.158 e. The highest BCUT2D eigenvalue weighted by Crippen LogP contribution is 2.35. The van der Waals surface area contributed by atoms with E-state index in [4.69, 9.17) is 10.1 Å². The molecule has 1 aromatic carbocycles. The van der Waals surface area contributed by atoms with Crippen molar-refractivity contribution in [2.75, 3.05) is 18.0 Å². The lowest BCUT2D eigenvalue weighted by Gasteiger charge is -2.27. The SMILES string of the molecule is C1=CCN(c2cccc(-c3nc(CCn4ccnc4)nn3C3CCC3)c2)C1. The number of imidazole rings is 1. The molecule has 0 unspecified atom stereocenters. The summed E-state index contributed by atoms with van der Waals surface area (Å²) in [6, 6.07) is 9.22. The fourth-order valence-corrected chi connectivity index (χ4v) is 3.73. The molecule has 1 aliphatic carbocycles. The van der Waals surface area contributed by atoms with Gasteiger partial charge in [-0.15, -0.1) is 0 Å². The zero-order valence-corrected chi connectivity index (χ0v) is 15.4. The van der Waals surface area contributed by atoms with Gasteiger partial charge in [-0.25, -0.2) is 14.6 Å². The summed E-state index contributed by atoms with van der Waals surface area (Å²) in [5, 5.41) is 4.88. The summed E-state index contributed by atoms with van der Waals surface area (Å²) in [6.07, 6.45) is 14.6. The molecule has 138 valence electrons. The van der Waals surface area contributed by atoms with Gasteiger partial charge in [0.2, 0.25) is 0 Å². The second-order valence-electron chi connectivity index (χ2n) is 7.36. The third-order valence-corrected chi connectivity index (χ3v) is 5.54. The average Bonchev–Trinajstić information content (AvgIpc) is 3.40.